The summed E-state index contributed by atoms with van der Waals surface area (Å²) in [5, 5.41) is 12.9. The summed E-state index contributed by atoms with van der Waals surface area (Å²) in [6, 6.07) is 15.2. The van der Waals surface area contributed by atoms with Crippen molar-refractivity contribution in [1.82, 2.24) is 15.1 Å². The van der Waals surface area contributed by atoms with Gasteiger partial charge in [0.1, 0.15) is 0 Å². The van der Waals surface area contributed by atoms with Gasteiger partial charge < -0.3 is 10.6 Å². The molecule has 9 heteroatoms. The Balaban J connectivity index is 1.69. The molecule has 0 unspecified atom stereocenters. The second-order valence-corrected chi connectivity index (χ2v) is 6.63. The molecule has 0 fully saturated rings. The van der Waals surface area contributed by atoms with Crippen molar-refractivity contribution in [3.63, 3.8) is 0 Å². The number of aryl methyl sites for hydroxylation is 1. The van der Waals surface area contributed by atoms with Crippen LogP contribution in [0.5, 0.6) is 0 Å². The number of nitrogens with one attached hydrogen (secondary N) is 3. The molecule has 1 heterocycles. The van der Waals surface area contributed by atoms with E-state index in [1.54, 1.807) is 67.8 Å². The number of aromatic nitrogens is 2. The molecule has 0 saturated heterocycles. The van der Waals surface area contributed by atoms with Gasteiger partial charge in [-0.15, -0.1) is 0 Å². The fourth-order valence-electron chi connectivity index (χ4n) is 2.38. The molecule has 3 N–H and O–H groups in total. The molecule has 0 spiro atoms. The number of hydrogen-bond donors (Lipinski definition) is 3. The van der Waals surface area contributed by atoms with Gasteiger partial charge in [0.15, 0.2) is 10.8 Å². The first kappa shape index (κ1) is 19.5. The number of hydrogen-bond acceptors (Lipinski definition) is 4. The molecule has 0 radical (unpaired) electrons. The minimum atomic E-state index is -0.443. The zero-order chi connectivity index (χ0) is 20.1. The molecular weight excluding hydrogens is 398 g/mol. The van der Waals surface area contributed by atoms with Crippen LogP contribution in [0.15, 0.2) is 60.8 Å². The fourth-order valence-corrected chi connectivity index (χ4v) is 2.71. The second kappa shape index (κ2) is 8.64. The molecule has 0 bridgehead atoms. The van der Waals surface area contributed by atoms with Gasteiger partial charge in [0.2, 0.25) is 0 Å². The molecule has 3 aromatic rings. The van der Waals surface area contributed by atoms with Gasteiger partial charge >= 0.3 is 0 Å². The van der Waals surface area contributed by atoms with E-state index >= 15 is 0 Å². The molecule has 28 heavy (non-hydrogen) atoms. The Kier molecular flexibility index (Phi) is 6.03. The highest BCUT2D eigenvalue weighted by Gasteiger charge is 2.15. The minimum absolute atomic E-state index is 0.0578. The minimum Gasteiger partial charge on any atom is -0.332 e. The Bertz CT molecular complexity index is 1030. The van der Waals surface area contributed by atoms with Crippen LogP contribution in [0, 0.1) is 0 Å². The van der Waals surface area contributed by atoms with Crippen molar-refractivity contribution >= 4 is 52.1 Å². The summed E-state index contributed by atoms with van der Waals surface area (Å²) in [5.41, 5.74) is 1.67. The lowest BCUT2D eigenvalue weighted by Crippen LogP contribution is -2.35. The van der Waals surface area contributed by atoms with E-state index in [-0.39, 0.29) is 16.7 Å². The van der Waals surface area contributed by atoms with Crippen LogP contribution in [-0.2, 0) is 7.05 Å². The van der Waals surface area contributed by atoms with Crippen molar-refractivity contribution in [2.45, 2.75) is 0 Å². The number of nitrogens with zero attached hydrogens (tertiary/aromatic N) is 2. The molecule has 2 amide bonds. The van der Waals surface area contributed by atoms with Gasteiger partial charge in [-0.25, -0.2) is 0 Å². The third-order valence-electron chi connectivity index (χ3n) is 3.70. The van der Waals surface area contributed by atoms with Gasteiger partial charge in [0.05, 0.1) is 11.3 Å². The maximum absolute atomic E-state index is 12.6. The predicted octanol–water partition coefficient (Wildman–Crippen LogP) is 3.45. The molecule has 3 rings (SSSR count). The second-order valence-electron chi connectivity index (χ2n) is 5.79. The molecule has 0 saturated carbocycles. The first-order valence-corrected chi connectivity index (χ1v) is 8.99. The average molecular weight is 414 g/mol. The highest BCUT2D eigenvalue weighted by molar-refractivity contribution is 7.80. The zero-order valence-corrected chi connectivity index (χ0v) is 16.3. The predicted molar refractivity (Wildman–Crippen MR) is 113 cm³/mol. The highest BCUT2D eigenvalue weighted by Crippen LogP contribution is 2.19. The summed E-state index contributed by atoms with van der Waals surface area (Å²) in [5.74, 6) is -0.773. The number of anilines is 2. The molecule has 142 valence electrons. The summed E-state index contributed by atoms with van der Waals surface area (Å²) >= 11 is 11.0. The van der Waals surface area contributed by atoms with Crippen LogP contribution < -0.4 is 16.0 Å². The van der Waals surface area contributed by atoms with Gasteiger partial charge in [0, 0.05) is 24.0 Å². The molecule has 0 aliphatic carbocycles. The smallest absolute Gasteiger partial charge is 0.277 e. The number of amides is 2. The standard InChI is InChI=1S/C19H16ClN5O2S/c1-25-11-10-16(24-25)18(27)23-19(28)22-15-5-3-2-4-14(15)17(26)21-13-8-6-12(20)7-9-13/h2-11H,1H3,(H,21,26)(H2,22,23,27,28). The Hall–Kier alpha value is -3.23. The molecule has 7 nitrogen and oxygen atoms in total. The summed E-state index contributed by atoms with van der Waals surface area (Å²) in [4.78, 5) is 24.8. The van der Waals surface area contributed by atoms with Gasteiger partial charge in [-0.2, -0.15) is 5.10 Å². The molecule has 2 aromatic carbocycles. The van der Waals surface area contributed by atoms with Crippen LogP contribution in [0.25, 0.3) is 0 Å². The van der Waals surface area contributed by atoms with Crippen LogP contribution in [0.1, 0.15) is 20.8 Å². The maximum atomic E-state index is 12.6. The summed E-state index contributed by atoms with van der Waals surface area (Å²) in [6.07, 6.45) is 1.65. The van der Waals surface area contributed by atoms with E-state index < -0.39 is 5.91 Å². The van der Waals surface area contributed by atoms with E-state index in [4.69, 9.17) is 23.8 Å². The molecule has 0 aliphatic heterocycles. The van der Waals surface area contributed by atoms with E-state index in [0.29, 0.717) is 22.0 Å². The Morgan fingerprint density at radius 3 is 2.39 bits per heavy atom. The van der Waals surface area contributed by atoms with Crippen LogP contribution >= 0.6 is 23.8 Å². The zero-order valence-electron chi connectivity index (χ0n) is 14.8. The van der Waals surface area contributed by atoms with Crippen LogP contribution in [-0.4, -0.2) is 26.7 Å². The summed E-state index contributed by atoms with van der Waals surface area (Å²) in [7, 11) is 1.71. The lowest BCUT2D eigenvalue weighted by molar-refractivity contribution is 0.0971. The van der Waals surface area contributed by atoms with Crippen molar-refractivity contribution in [1.29, 1.82) is 0 Å². The Morgan fingerprint density at radius 1 is 1.00 bits per heavy atom. The van der Waals surface area contributed by atoms with E-state index in [9.17, 15) is 9.59 Å². The third kappa shape index (κ3) is 4.93. The number of halogens is 1. The van der Waals surface area contributed by atoms with E-state index in [1.165, 1.54) is 4.68 Å². The number of thiocarbonyl (C=S) groups is 1. The molecule has 0 atom stereocenters. The molecule has 1 aromatic heterocycles. The van der Waals surface area contributed by atoms with Crippen molar-refractivity contribution in [2.24, 2.45) is 7.05 Å². The lowest BCUT2D eigenvalue weighted by atomic mass is 10.1. The number of rotatable bonds is 4. The van der Waals surface area contributed by atoms with Crippen LogP contribution in [0.3, 0.4) is 0 Å². The largest absolute Gasteiger partial charge is 0.332 e. The molecule has 0 aliphatic rings. The van der Waals surface area contributed by atoms with Crippen molar-refractivity contribution < 1.29 is 9.59 Å². The monoisotopic (exact) mass is 413 g/mol. The van der Waals surface area contributed by atoms with Crippen molar-refractivity contribution in [3.05, 3.63) is 77.1 Å². The van der Waals surface area contributed by atoms with Gasteiger partial charge in [-0.05, 0) is 54.7 Å². The third-order valence-corrected chi connectivity index (χ3v) is 4.15. The van der Waals surface area contributed by atoms with Gasteiger partial charge in [-0.3, -0.25) is 19.6 Å². The first-order valence-electron chi connectivity index (χ1n) is 8.20. The number of carbonyl (C=O) groups excluding carboxylic acids is 2. The summed E-state index contributed by atoms with van der Waals surface area (Å²) in [6.45, 7) is 0. The number of para-hydroxylation sites is 1. The van der Waals surface area contributed by atoms with E-state index in [0.717, 1.165) is 0 Å². The molecular formula is C19H16ClN5O2S. The quantitative estimate of drug-likeness (QED) is 0.570. The maximum Gasteiger partial charge on any atom is 0.277 e. The Morgan fingerprint density at radius 2 is 1.71 bits per heavy atom. The number of benzene rings is 2. The van der Waals surface area contributed by atoms with Crippen LogP contribution in [0.2, 0.25) is 5.02 Å². The SMILES string of the molecule is Cn1ccc(C(=O)NC(=S)Nc2ccccc2C(=O)Nc2ccc(Cl)cc2)n1. The van der Waals surface area contributed by atoms with Crippen LogP contribution in [0.4, 0.5) is 11.4 Å². The van der Waals surface area contributed by atoms with E-state index in [2.05, 4.69) is 21.0 Å². The summed E-state index contributed by atoms with van der Waals surface area (Å²) < 4.78 is 1.52. The Labute approximate surface area is 171 Å². The fraction of sp³-hybridized carbons (Fsp3) is 0.0526. The highest BCUT2D eigenvalue weighted by atomic mass is 35.5. The van der Waals surface area contributed by atoms with Gasteiger partial charge in [-0.1, -0.05) is 23.7 Å². The van der Waals surface area contributed by atoms with Crippen molar-refractivity contribution in [3.8, 4) is 0 Å². The number of carbonyl (C=O) groups is 2. The van der Waals surface area contributed by atoms with E-state index in [1.807, 2.05) is 0 Å². The lowest BCUT2D eigenvalue weighted by Gasteiger charge is -2.13. The first-order chi connectivity index (χ1) is 13.4. The average Bonchev–Trinajstić information content (AvgIpc) is 3.10. The van der Waals surface area contributed by atoms with Gasteiger partial charge in [0.25, 0.3) is 11.8 Å². The normalized spacial score (nSPS) is 10.2. The van der Waals surface area contributed by atoms with Crippen molar-refractivity contribution in [2.75, 3.05) is 10.6 Å². The topological polar surface area (TPSA) is 88.0 Å².